The minimum Gasteiger partial charge on any atom is -0.356 e. The molecular formula is C25H34F3N5O4. The summed E-state index contributed by atoms with van der Waals surface area (Å²) in [7, 11) is 0. The quantitative estimate of drug-likeness (QED) is 0.467. The lowest BCUT2D eigenvalue weighted by molar-refractivity contribution is -0.177. The van der Waals surface area contributed by atoms with Crippen molar-refractivity contribution in [3.63, 3.8) is 0 Å². The number of nitrogens with one attached hydrogen (secondary N) is 3. The van der Waals surface area contributed by atoms with Crippen LogP contribution in [0.2, 0.25) is 0 Å². The standard InChI is InChI=1S/C25H34F3N5O4/c1-24(8-3-2-4-9-24)19(32-23(37)25(26,27)28)22(36)33-17-6-5-14(12-17)18(33)21(35)31-16(13-29)11-15-7-10-30-20(15)34/h14-19H,2-12H2,1H3,(H,30,34)(H,31,35)(H,32,37)/t14-,15-,16-,17+,18-,19+/m0/s1. The van der Waals surface area contributed by atoms with Gasteiger partial charge in [-0.15, -0.1) is 0 Å². The molecule has 6 atom stereocenters. The number of rotatable bonds is 7. The second kappa shape index (κ2) is 10.5. The minimum absolute atomic E-state index is 0.144. The van der Waals surface area contributed by atoms with Crippen molar-refractivity contribution >= 4 is 23.6 Å². The molecule has 12 heteroatoms. The Labute approximate surface area is 213 Å². The van der Waals surface area contributed by atoms with E-state index in [2.05, 4.69) is 10.6 Å². The molecule has 4 aliphatic rings. The van der Waals surface area contributed by atoms with Crippen molar-refractivity contribution < 1.29 is 32.3 Å². The lowest BCUT2D eigenvalue weighted by Gasteiger charge is -2.44. The first-order valence-electron chi connectivity index (χ1n) is 13.1. The number of fused-ring (bicyclic) bond motifs is 2. The van der Waals surface area contributed by atoms with E-state index in [1.165, 1.54) is 4.90 Å². The monoisotopic (exact) mass is 525 g/mol. The van der Waals surface area contributed by atoms with Gasteiger partial charge in [0.2, 0.25) is 17.7 Å². The van der Waals surface area contributed by atoms with Crippen LogP contribution in [0.5, 0.6) is 0 Å². The molecule has 2 aliphatic carbocycles. The summed E-state index contributed by atoms with van der Waals surface area (Å²) in [6, 6.07) is -1.58. The van der Waals surface area contributed by atoms with Gasteiger partial charge in [-0.05, 0) is 56.3 Å². The molecule has 0 aromatic carbocycles. The number of nitriles is 1. The third-order valence-corrected chi connectivity index (χ3v) is 8.74. The van der Waals surface area contributed by atoms with E-state index in [1.54, 1.807) is 6.92 Å². The third kappa shape index (κ3) is 5.55. The summed E-state index contributed by atoms with van der Waals surface area (Å²) in [5.74, 6) is -4.12. The van der Waals surface area contributed by atoms with Crippen LogP contribution in [0.25, 0.3) is 0 Å². The maximum atomic E-state index is 13.9. The van der Waals surface area contributed by atoms with Crippen LogP contribution in [-0.2, 0) is 19.2 Å². The Morgan fingerprint density at radius 3 is 2.46 bits per heavy atom. The highest BCUT2D eigenvalue weighted by atomic mass is 19.4. The van der Waals surface area contributed by atoms with Crippen molar-refractivity contribution in [3.8, 4) is 6.07 Å². The number of piperidine rings is 1. The van der Waals surface area contributed by atoms with E-state index in [0.717, 1.165) is 19.3 Å². The van der Waals surface area contributed by atoms with Crippen LogP contribution in [0.4, 0.5) is 13.2 Å². The predicted molar refractivity (Wildman–Crippen MR) is 124 cm³/mol. The summed E-state index contributed by atoms with van der Waals surface area (Å²) in [6.07, 6.45) is 0.758. The number of hydrogen-bond donors (Lipinski definition) is 3. The van der Waals surface area contributed by atoms with Gasteiger partial charge >= 0.3 is 12.1 Å². The molecule has 0 aromatic rings. The van der Waals surface area contributed by atoms with Crippen LogP contribution in [0.15, 0.2) is 0 Å². The topological polar surface area (TPSA) is 131 Å². The van der Waals surface area contributed by atoms with Crippen molar-refractivity contribution in [2.45, 2.75) is 101 Å². The van der Waals surface area contributed by atoms with Gasteiger partial charge in [0.25, 0.3) is 0 Å². The fourth-order valence-corrected chi connectivity index (χ4v) is 6.74. The summed E-state index contributed by atoms with van der Waals surface area (Å²) in [4.78, 5) is 52.6. The van der Waals surface area contributed by atoms with Crippen LogP contribution >= 0.6 is 0 Å². The lowest BCUT2D eigenvalue weighted by atomic mass is 9.70. The molecule has 2 aliphatic heterocycles. The van der Waals surface area contributed by atoms with Gasteiger partial charge in [0.1, 0.15) is 18.1 Å². The smallest absolute Gasteiger partial charge is 0.356 e. The van der Waals surface area contributed by atoms with Gasteiger partial charge in [-0.3, -0.25) is 19.2 Å². The van der Waals surface area contributed by atoms with E-state index < -0.39 is 53.4 Å². The van der Waals surface area contributed by atoms with Crippen molar-refractivity contribution in [3.05, 3.63) is 0 Å². The molecule has 4 amide bonds. The van der Waals surface area contributed by atoms with Crippen LogP contribution in [0.1, 0.15) is 71.1 Å². The molecule has 2 heterocycles. The fourth-order valence-electron chi connectivity index (χ4n) is 6.74. The maximum absolute atomic E-state index is 13.9. The van der Waals surface area contributed by atoms with E-state index in [-0.39, 0.29) is 24.3 Å². The van der Waals surface area contributed by atoms with E-state index in [0.29, 0.717) is 45.1 Å². The zero-order valence-electron chi connectivity index (χ0n) is 20.9. The average molecular weight is 526 g/mol. The number of likely N-dealkylation sites (tertiary alicyclic amines) is 1. The van der Waals surface area contributed by atoms with Gasteiger partial charge in [0, 0.05) is 18.5 Å². The average Bonchev–Trinajstić information content (AvgIpc) is 3.57. The molecule has 0 unspecified atom stereocenters. The molecule has 37 heavy (non-hydrogen) atoms. The molecule has 4 fully saturated rings. The number of halogens is 3. The molecule has 4 rings (SSSR count). The first kappa shape index (κ1) is 27.2. The Morgan fingerprint density at radius 1 is 1.16 bits per heavy atom. The molecule has 2 saturated carbocycles. The number of carbonyl (C=O) groups is 4. The molecule has 2 bridgehead atoms. The molecule has 9 nitrogen and oxygen atoms in total. The predicted octanol–water partition coefficient (Wildman–Crippen LogP) is 1.92. The SMILES string of the molecule is CC1([C@H](NC(=O)C(F)(F)F)C(=O)N2[C@@H]3CC[C@@H](C3)[C@H]2C(=O)N[C@H](C#N)C[C@@H]2CCNC2=O)CCCCC1. The summed E-state index contributed by atoms with van der Waals surface area (Å²) in [6.45, 7) is 2.24. The molecule has 2 saturated heterocycles. The number of nitrogens with zero attached hydrogens (tertiary/aromatic N) is 2. The van der Waals surface area contributed by atoms with Gasteiger partial charge < -0.3 is 20.9 Å². The number of alkyl halides is 3. The van der Waals surface area contributed by atoms with Gasteiger partial charge in [-0.25, -0.2) is 0 Å². The largest absolute Gasteiger partial charge is 0.471 e. The zero-order valence-corrected chi connectivity index (χ0v) is 20.9. The Balaban J connectivity index is 1.55. The normalized spacial score (nSPS) is 30.2. The fraction of sp³-hybridized carbons (Fsp3) is 0.800. The Hall–Kier alpha value is -2.84. The van der Waals surface area contributed by atoms with Crippen molar-refractivity contribution in [1.29, 1.82) is 5.26 Å². The first-order chi connectivity index (χ1) is 17.4. The second-order valence-corrected chi connectivity index (χ2v) is 11.2. The van der Waals surface area contributed by atoms with E-state index in [4.69, 9.17) is 0 Å². The number of hydrogen-bond acceptors (Lipinski definition) is 5. The summed E-state index contributed by atoms with van der Waals surface area (Å²) in [5.41, 5.74) is -0.871. The van der Waals surface area contributed by atoms with Crippen molar-refractivity contribution in [2.24, 2.45) is 17.3 Å². The molecule has 0 aromatic heterocycles. The molecular weight excluding hydrogens is 491 g/mol. The molecule has 0 radical (unpaired) electrons. The first-order valence-corrected chi connectivity index (χ1v) is 13.1. The summed E-state index contributed by atoms with van der Waals surface area (Å²) in [5, 5.41) is 17.0. The summed E-state index contributed by atoms with van der Waals surface area (Å²) < 4.78 is 39.6. The van der Waals surface area contributed by atoms with Gasteiger partial charge in [0.05, 0.1) is 6.07 Å². The lowest BCUT2D eigenvalue weighted by Crippen LogP contribution is -2.63. The van der Waals surface area contributed by atoms with Crippen LogP contribution < -0.4 is 16.0 Å². The van der Waals surface area contributed by atoms with Gasteiger partial charge in [-0.1, -0.05) is 26.2 Å². The van der Waals surface area contributed by atoms with Crippen LogP contribution in [0, 0.1) is 28.6 Å². The Kier molecular flexibility index (Phi) is 7.72. The van der Waals surface area contributed by atoms with E-state index >= 15 is 0 Å². The second-order valence-electron chi connectivity index (χ2n) is 11.2. The molecule has 204 valence electrons. The van der Waals surface area contributed by atoms with Gasteiger partial charge in [0.15, 0.2) is 0 Å². The summed E-state index contributed by atoms with van der Waals surface area (Å²) >= 11 is 0. The van der Waals surface area contributed by atoms with Crippen molar-refractivity contribution in [1.82, 2.24) is 20.9 Å². The van der Waals surface area contributed by atoms with Crippen molar-refractivity contribution in [2.75, 3.05) is 6.54 Å². The molecule has 3 N–H and O–H groups in total. The van der Waals surface area contributed by atoms with Crippen LogP contribution in [0.3, 0.4) is 0 Å². The minimum atomic E-state index is -5.14. The van der Waals surface area contributed by atoms with E-state index in [1.807, 2.05) is 11.4 Å². The molecule has 0 spiro atoms. The zero-order chi connectivity index (χ0) is 27.0. The highest BCUT2D eigenvalue weighted by molar-refractivity contribution is 5.95. The maximum Gasteiger partial charge on any atom is 0.471 e. The Bertz CT molecular complexity index is 974. The number of carbonyl (C=O) groups excluding carboxylic acids is 4. The third-order valence-electron chi connectivity index (χ3n) is 8.74. The number of amides is 4. The Morgan fingerprint density at radius 2 is 1.86 bits per heavy atom. The highest BCUT2D eigenvalue weighted by Gasteiger charge is 2.56. The highest BCUT2D eigenvalue weighted by Crippen LogP contribution is 2.46. The van der Waals surface area contributed by atoms with Crippen LogP contribution in [-0.4, -0.2) is 65.4 Å². The van der Waals surface area contributed by atoms with E-state index in [9.17, 15) is 37.6 Å². The van der Waals surface area contributed by atoms with Gasteiger partial charge in [-0.2, -0.15) is 18.4 Å².